The first-order valence-corrected chi connectivity index (χ1v) is 5.83. The van der Waals surface area contributed by atoms with E-state index in [1.165, 1.54) is 12.8 Å². The molecule has 2 atom stereocenters. The largest absolute Gasteiger partial charge is 0.327 e. The molecular weight excluding hydrogens is 242 g/mol. The minimum Gasteiger partial charge on any atom is -0.327 e. The highest BCUT2D eigenvalue weighted by Crippen LogP contribution is 2.43. The molecule has 2 aliphatic carbocycles. The number of hydrogen-bond acceptors (Lipinski definition) is 3. The molecule has 1 aromatic rings. The van der Waals surface area contributed by atoms with Gasteiger partial charge in [-0.2, -0.15) is 0 Å². The summed E-state index contributed by atoms with van der Waals surface area (Å²) < 4.78 is 1.01. The van der Waals surface area contributed by atoms with E-state index in [2.05, 4.69) is 25.9 Å². The number of nitrogens with two attached hydrogens (primary N) is 1. The van der Waals surface area contributed by atoms with Gasteiger partial charge < -0.3 is 5.73 Å². The average Bonchev–Trinajstić information content (AvgIpc) is 3.01. The van der Waals surface area contributed by atoms with Crippen LogP contribution in [0.1, 0.15) is 42.6 Å². The molecule has 2 aliphatic rings. The average molecular weight is 254 g/mol. The Kier molecular flexibility index (Phi) is 1.89. The van der Waals surface area contributed by atoms with Gasteiger partial charge in [-0.15, -0.1) is 0 Å². The zero-order valence-electron chi connectivity index (χ0n) is 7.78. The van der Waals surface area contributed by atoms with Gasteiger partial charge in [0.05, 0.1) is 10.2 Å². The molecular formula is C10H12BrN3. The predicted octanol–water partition coefficient (Wildman–Crippen LogP) is 1.93. The van der Waals surface area contributed by atoms with Crippen LogP contribution < -0.4 is 5.73 Å². The molecule has 1 aromatic heterocycles. The van der Waals surface area contributed by atoms with E-state index in [1.54, 1.807) is 0 Å². The summed E-state index contributed by atoms with van der Waals surface area (Å²) in [5, 5.41) is 0. The Morgan fingerprint density at radius 3 is 2.71 bits per heavy atom. The number of aromatic nitrogens is 2. The molecule has 1 heterocycles. The van der Waals surface area contributed by atoms with Crippen LogP contribution in [0, 0.1) is 0 Å². The first-order valence-electron chi connectivity index (χ1n) is 5.03. The molecule has 3 nitrogen and oxygen atoms in total. The fourth-order valence-electron chi connectivity index (χ4n) is 1.72. The van der Waals surface area contributed by atoms with Crippen LogP contribution in [0.2, 0.25) is 0 Å². The molecule has 2 N–H and O–H groups in total. The van der Waals surface area contributed by atoms with Gasteiger partial charge in [0, 0.05) is 24.1 Å². The van der Waals surface area contributed by atoms with Crippen LogP contribution in [0.5, 0.6) is 0 Å². The topological polar surface area (TPSA) is 51.8 Å². The number of hydrogen-bond donors (Lipinski definition) is 1. The molecule has 3 rings (SSSR count). The second-order valence-electron chi connectivity index (χ2n) is 4.24. The van der Waals surface area contributed by atoms with Crippen molar-refractivity contribution in [2.75, 3.05) is 0 Å². The molecule has 2 saturated carbocycles. The molecule has 74 valence electrons. The van der Waals surface area contributed by atoms with E-state index in [4.69, 9.17) is 5.73 Å². The molecule has 0 bridgehead atoms. The quantitative estimate of drug-likeness (QED) is 0.877. The maximum absolute atomic E-state index is 5.83. The smallest absolute Gasteiger partial charge is 0.131 e. The van der Waals surface area contributed by atoms with Crippen molar-refractivity contribution in [2.45, 2.75) is 37.1 Å². The SMILES string of the molecule is NC1CC1c1nc(C2CC2)ncc1Br. The summed E-state index contributed by atoms with van der Waals surface area (Å²) in [6.45, 7) is 0. The lowest BCUT2D eigenvalue weighted by molar-refractivity contribution is 0.848. The highest BCUT2D eigenvalue weighted by molar-refractivity contribution is 9.10. The van der Waals surface area contributed by atoms with E-state index in [9.17, 15) is 0 Å². The normalized spacial score (nSPS) is 30.4. The minimum atomic E-state index is 0.313. The van der Waals surface area contributed by atoms with Crippen LogP contribution in [0.3, 0.4) is 0 Å². The lowest BCUT2D eigenvalue weighted by Crippen LogP contribution is -2.05. The Morgan fingerprint density at radius 2 is 2.14 bits per heavy atom. The van der Waals surface area contributed by atoms with Crippen molar-refractivity contribution >= 4 is 15.9 Å². The fourth-order valence-corrected chi connectivity index (χ4v) is 2.21. The van der Waals surface area contributed by atoms with Gasteiger partial charge in [0.1, 0.15) is 5.82 Å². The Labute approximate surface area is 91.3 Å². The van der Waals surface area contributed by atoms with E-state index >= 15 is 0 Å². The Hall–Kier alpha value is -0.480. The van der Waals surface area contributed by atoms with Gasteiger partial charge in [-0.25, -0.2) is 9.97 Å². The zero-order valence-corrected chi connectivity index (χ0v) is 9.37. The lowest BCUT2D eigenvalue weighted by Gasteiger charge is -2.03. The minimum absolute atomic E-state index is 0.313. The van der Waals surface area contributed by atoms with Gasteiger partial charge in [0.2, 0.25) is 0 Å². The molecule has 0 aliphatic heterocycles. The molecule has 0 radical (unpaired) electrons. The van der Waals surface area contributed by atoms with E-state index in [-0.39, 0.29) is 0 Å². The third kappa shape index (κ3) is 1.46. The van der Waals surface area contributed by atoms with E-state index in [0.29, 0.717) is 17.9 Å². The lowest BCUT2D eigenvalue weighted by atomic mass is 10.2. The van der Waals surface area contributed by atoms with E-state index in [0.717, 1.165) is 22.4 Å². The first-order chi connectivity index (χ1) is 6.75. The van der Waals surface area contributed by atoms with Crippen molar-refractivity contribution in [3.05, 3.63) is 22.2 Å². The fraction of sp³-hybridized carbons (Fsp3) is 0.600. The van der Waals surface area contributed by atoms with Crippen LogP contribution >= 0.6 is 15.9 Å². The zero-order chi connectivity index (χ0) is 9.71. The summed E-state index contributed by atoms with van der Waals surface area (Å²) in [5.74, 6) is 2.10. The van der Waals surface area contributed by atoms with Gasteiger partial charge in [0.25, 0.3) is 0 Å². The number of halogens is 1. The highest BCUT2D eigenvalue weighted by Gasteiger charge is 2.38. The van der Waals surface area contributed by atoms with Crippen LogP contribution in [-0.2, 0) is 0 Å². The predicted molar refractivity (Wildman–Crippen MR) is 57.0 cm³/mol. The summed E-state index contributed by atoms with van der Waals surface area (Å²) in [7, 11) is 0. The van der Waals surface area contributed by atoms with Crippen molar-refractivity contribution < 1.29 is 0 Å². The maximum atomic E-state index is 5.83. The van der Waals surface area contributed by atoms with Crippen molar-refractivity contribution in [1.29, 1.82) is 0 Å². The molecule has 0 saturated heterocycles. The Morgan fingerprint density at radius 1 is 1.43 bits per heavy atom. The van der Waals surface area contributed by atoms with Gasteiger partial charge in [0.15, 0.2) is 0 Å². The molecule has 0 spiro atoms. The van der Waals surface area contributed by atoms with Gasteiger partial charge in [-0.1, -0.05) is 0 Å². The Bertz CT molecular complexity index is 376. The van der Waals surface area contributed by atoms with Crippen molar-refractivity contribution in [2.24, 2.45) is 5.73 Å². The second kappa shape index (κ2) is 3.00. The summed E-state index contributed by atoms with van der Waals surface area (Å²) in [4.78, 5) is 8.95. The van der Waals surface area contributed by atoms with Gasteiger partial charge >= 0.3 is 0 Å². The summed E-state index contributed by atoms with van der Waals surface area (Å²) in [6.07, 6.45) is 5.44. The first kappa shape index (κ1) is 8.80. The van der Waals surface area contributed by atoms with Crippen LogP contribution in [-0.4, -0.2) is 16.0 Å². The standard InChI is InChI=1S/C10H12BrN3/c11-7-4-13-10(5-1-2-5)14-9(7)6-3-8(6)12/h4-6,8H,1-3,12H2. The molecule has 2 unspecified atom stereocenters. The summed E-state index contributed by atoms with van der Waals surface area (Å²) in [5.41, 5.74) is 6.95. The van der Waals surface area contributed by atoms with Crippen LogP contribution in [0.25, 0.3) is 0 Å². The summed E-state index contributed by atoms with van der Waals surface area (Å²) in [6, 6.07) is 0.313. The van der Waals surface area contributed by atoms with Crippen LogP contribution in [0.4, 0.5) is 0 Å². The maximum Gasteiger partial charge on any atom is 0.131 e. The highest BCUT2D eigenvalue weighted by atomic mass is 79.9. The second-order valence-corrected chi connectivity index (χ2v) is 5.10. The number of nitrogens with zero attached hydrogens (tertiary/aromatic N) is 2. The van der Waals surface area contributed by atoms with E-state index < -0.39 is 0 Å². The summed E-state index contributed by atoms with van der Waals surface area (Å²) >= 11 is 3.49. The Balaban J connectivity index is 1.95. The van der Waals surface area contributed by atoms with Crippen molar-refractivity contribution in [3.63, 3.8) is 0 Å². The van der Waals surface area contributed by atoms with E-state index in [1.807, 2.05) is 6.20 Å². The monoisotopic (exact) mass is 253 g/mol. The third-order valence-corrected chi connectivity index (χ3v) is 3.53. The van der Waals surface area contributed by atoms with Crippen molar-refractivity contribution in [3.8, 4) is 0 Å². The number of rotatable bonds is 2. The molecule has 14 heavy (non-hydrogen) atoms. The molecule has 2 fully saturated rings. The third-order valence-electron chi connectivity index (χ3n) is 2.92. The van der Waals surface area contributed by atoms with Gasteiger partial charge in [-0.05, 0) is 35.2 Å². The van der Waals surface area contributed by atoms with Gasteiger partial charge in [-0.3, -0.25) is 0 Å². The molecule has 0 amide bonds. The van der Waals surface area contributed by atoms with Crippen molar-refractivity contribution in [1.82, 2.24) is 9.97 Å². The molecule has 4 heteroatoms. The molecule has 0 aromatic carbocycles. The van der Waals surface area contributed by atoms with Crippen LogP contribution in [0.15, 0.2) is 10.7 Å².